The molecule has 0 saturated carbocycles. The van der Waals surface area contributed by atoms with E-state index in [1.54, 1.807) is 4.90 Å². The molecule has 1 aromatic rings. The van der Waals surface area contributed by atoms with Crippen molar-refractivity contribution in [3.63, 3.8) is 0 Å². The number of nitrogens with one attached hydrogen (secondary N) is 1. The summed E-state index contributed by atoms with van der Waals surface area (Å²) in [5.41, 5.74) is 8.61. The average molecular weight is 233 g/mol. The van der Waals surface area contributed by atoms with Crippen LogP contribution in [0.2, 0.25) is 0 Å². The number of fused-ring (bicyclic) bond motifs is 1. The molecule has 0 atom stereocenters. The number of benzene rings is 1. The number of nitrogens with two attached hydrogens (primary N) is 1. The number of nitrogen functional groups attached to an aromatic ring is 1. The Balaban J connectivity index is 2.07. The van der Waals surface area contributed by atoms with E-state index >= 15 is 0 Å². The van der Waals surface area contributed by atoms with E-state index in [0.717, 1.165) is 11.3 Å². The standard InChI is InChI=1S/C13H19N3O/c1-13(2,3)15-12(17)16-7-9-4-5-11(14)6-10(9)8-16/h4-6H,7-8,14H2,1-3H3,(H,15,17). The minimum atomic E-state index is -0.203. The highest BCUT2D eigenvalue weighted by Crippen LogP contribution is 2.24. The lowest BCUT2D eigenvalue weighted by Gasteiger charge is -2.25. The topological polar surface area (TPSA) is 58.4 Å². The molecule has 2 amide bonds. The van der Waals surface area contributed by atoms with Crippen LogP contribution in [0.25, 0.3) is 0 Å². The van der Waals surface area contributed by atoms with Gasteiger partial charge in [0, 0.05) is 24.3 Å². The van der Waals surface area contributed by atoms with E-state index in [2.05, 4.69) is 5.32 Å². The van der Waals surface area contributed by atoms with E-state index < -0.39 is 0 Å². The highest BCUT2D eigenvalue weighted by atomic mass is 16.2. The number of carbonyl (C=O) groups excluding carboxylic acids is 1. The third-order valence-corrected chi connectivity index (χ3v) is 2.72. The van der Waals surface area contributed by atoms with Gasteiger partial charge in [-0.05, 0) is 44.0 Å². The van der Waals surface area contributed by atoms with Crippen LogP contribution in [0, 0.1) is 0 Å². The molecule has 0 saturated heterocycles. The molecular formula is C13H19N3O. The van der Waals surface area contributed by atoms with Crippen LogP contribution in [0.5, 0.6) is 0 Å². The number of hydrogen-bond acceptors (Lipinski definition) is 2. The molecule has 3 N–H and O–H groups in total. The van der Waals surface area contributed by atoms with E-state index in [4.69, 9.17) is 5.73 Å². The fraction of sp³-hybridized carbons (Fsp3) is 0.462. The van der Waals surface area contributed by atoms with Crippen molar-refractivity contribution in [1.82, 2.24) is 10.2 Å². The van der Waals surface area contributed by atoms with Crippen molar-refractivity contribution in [2.75, 3.05) is 5.73 Å². The Morgan fingerprint density at radius 3 is 2.59 bits per heavy atom. The quantitative estimate of drug-likeness (QED) is 0.674. The lowest BCUT2D eigenvalue weighted by molar-refractivity contribution is 0.189. The monoisotopic (exact) mass is 233 g/mol. The molecule has 0 radical (unpaired) electrons. The highest BCUT2D eigenvalue weighted by Gasteiger charge is 2.25. The molecule has 2 rings (SSSR count). The molecule has 1 heterocycles. The Morgan fingerprint density at radius 2 is 1.94 bits per heavy atom. The van der Waals surface area contributed by atoms with Gasteiger partial charge >= 0.3 is 6.03 Å². The molecule has 0 bridgehead atoms. The van der Waals surface area contributed by atoms with Crippen LogP contribution in [0.1, 0.15) is 31.9 Å². The summed E-state index contributed by atoms with van der Waals surface area (Å²) in [6, 6.07) is 5.80. The maximum atomic E-state index is 12.0. The SMILES string of the molecule is CC(C)(C)NC(=O)N1Cc2ccc(N)cc2C1. The first kappa shape index (κ1) is 11.8. The minimum Gasteiger partial charge on any atom is -0.399 e. The smallest absolute Gasteiger partial charge is 0.318 e. The molecule has 0 aliphatic carbocycles. The lowest BCUT2D eigenvalue weighted by Crippen LogP contribution is -2.46. The van der Waals surface area contributed by atoms with Gasteiger partial charge in [0.25, 0.3) is 0 Å². The van der Waals surface area contributed by atoms with Gasteiger partial charge in [-0.3, -0.25) is 0 Å². The molecule has 0 unspecified atom stereocenters. The lowest BCUT2D eigenvalue weighted by atomic mass is 10.1. The van der Waals surface area contributed by atoms with Crippen LogP contribution in [0.15, 0.2) is 18.2 Å². The van der Waals surface area contributed by atoms with Crippen molar-refractivity contribution in [3.05, 3.63) is 29.3 Å². The van der Waals surface area contributed by atoms with Gasteiger partial charge in [0.1, 0.15) is 0 Å². The second-order valence-corrected chi connectivity index (χ2v) is 5.56. The summed E-state index contributed by atoms with van der Waals surface area (Å²) in [7, 11) is 0. The number of nitrogens with zero attached hydrogens (tertiary/aromatic N) is 1. The van der Waals surface area contributed by atoms with Crippen LogP contribution in [-0.4, -0.2) is 16.5 Å². The van der Waals surface area contributed by atoms with E-state index in [9.17, 15) is 4.79 Å². The molecule has 92 valence electrons. The van der Waals surface area contributed by atoms with Crippen molar-refractivity contribution in [3.8, 4) is 0 Å². The first-order chi connectivity index (χ1) is 7.85. The van der Waals surface area contributed by atoms with E-state index in [-0.39, 0.29) is 11.6 Å². The van der Waals surface area contributed by atoms with Crippen molar-refractivity contribution < 1.29 is 4.79 Å². The second kappa shape index (κ2) is 3.95. The van der Waals surface area contributed by atoms with Gasteiger partial charge in [0.2, 0.25) is 0 Å². The summed E-state index contributed by atoms with van der Waals surface area (Å²) >= 11 is 0. The summed E-state index contributed by atoms with van der Waals surface area (Å²) in [5.74, 6) is 0. The summed E-state index contributed by atoms with van der Waals surface area (Å²) in [5, 5.41) is 2.97. The molecule has 1 aromatic carbocycles. The summed E-state index contributed by atoms with van der Waals surface area (Å²) in [4.78, 5) is 13.8. The number of urea groups is 1. The van der Waals surface area contributed by atoms with Crippen LogP contribution >= 0.6 is 0 Å². The average Bonchev–Trinajstić information content (AvgIpc) is 2.57. The van der Waals surface area contributed by atoms with Gasteiger partial charge < -0.3 is 16.0 Å². The molecular weight excluding hydrogens is 214 g/mol. The largest absolute Gasteiger partial charge is 0.399 e. The zero-order valence-corrected chi connectivity index (χ0v) is 10.6. The zero-order valence-electron chi connectivity index (χ0n) is 10.6. The van der Waals surface area contributed by atoms with Gasteiger partial charge in [-0.25, -0.2) is 4.79 Å². The number of amides is 2. The van der Waals surface area contributed by atoms with Crippen LogP contribution in [0.3, 0.4) is 0 Å². The molecule has 4 nitrogen and oxygen atoms in total. The first-order valence-corrected chi connectivity index (χ1v) is 5.79. The Morgan fingerprint density at radius 1 is 1.29 bits per heavy atom. The fourth-order valence-electron chi connectivity index (χ4n) is 1.96. The Kier molecular flexibility index (Phi) is 2.73. The molecule has 0 fully saturated rings. The summed E-state index contributed by atoms with van der Waals surface area (Å²) in [6.07, 6.45) is 0. The van der Waals surface area contributed by atoms with Gasteiger partial charge in [0.15, 0.2) is 0 Å². The van der Waals surface area contributed by atoms with Gasteiger partial charge in [-0.1, -0.05) is 6.07 Å². The van der Waals surface area contributed by atoms with E-state index in [1.165, 1.54) is 5.56 Å². The van der Waals surface area contributed by atoms with Gasteiger partial charge in [-0.15, -0.1) is 0 Å². The van der Waals surface area contributed by atoms with Crippen molar-refractivity contribution in [2.24, 2.45) is 0 Å². The summed E-state index contributed by atoms with van der Waals surface area (Å²) < 4.78 is 0. The molecule has 0 spiro atoms. The third-order valence-electron chi connectivity index (χ3n) is 2.72. The van der Waals surface area contributed by atoms with Crippen molar-refractivity contribution >= 4 is 11.7 Å². The normalized spacial score (nSPS) is 14.6. The Bertz CT molecular complexity index is 448. The van der Waals surface area contributed by atoms with Crippen LogP contribution < -0.4 is 11.1 Å². The fourth-order valence-corrected chi connectivity index (χ4v) is 1.96. The number of anilines is 1. The number of rotatable bonds is 0. The van der Waals surface area contributed by atoms with Crippen LogP contribution in [-0.2, 0) is 13.1 Å². The zero-order chi connectivity index (χ0) is 12.6. The molecule has 17 heavy (non-hydrogen) atoms. The summed E-state index contributed by atoms with van der Waals surface area (Å²) in [6.45, 7) is 7.24. The third kappa shape index (κ3) is 2.70. The number of hydrogen-bond donors (Lipinski definition) is 2. The molecule has 1 aliphatic heterocycles. The molecule has 0 aromatic heterocycles. The maximum absolute atomic E-state index is 12.0. The minimum absolute atomic E-state index is 0.0210. The van der Waals surface area contributed by atoms with Gasteiger partial charge in [-0.2, -0.15) is 0 Å². The predicted octanol–water partition coefficient (Wildman–Crippen LogP) is 2.09. The highest BCUT2D eigenvalue weighted by molar-refractivity contribution is 5.76. The second-order valence-electron chi connectivity index (χ2n) is 5.56. The van der Waals surface area contributed by atoms with Crippen molar-refractivity contribution in [1.29, 1.82) is 0 Å². The maximum Gasteiger partial charge on any atom is 0.318 e. The molecule has 4 heteroatoms. The predicted molar refractivity (Wildman–Crippen MR) is 68.4 cm³/mol. The Hall–Kier alpha value is -1.71. The Labute approximate surface area is 102 Å². The van der Waals surface area contributed by atoms with E-state index in [1.807, 2.05) is 39.0 Å². The van der Waals surface area contributed by atoms with Gasteiger partial charge in [0.05, 0.1) is 0 Å². The first-order valence-electron chi connectivity index (χ1n) is 5.79. The van der Waals surface area contributed by atoms with E-state index in [0.29, 0.717) is 13.1 Å². The van der Waals surface area contributed by atoms with Crippen LogP contribution in [0.4, 0.5) is 10.5 Å². The molecule has 1 aliphatic rings. The number of carbonyl (C=O) groups is 1. The van der Waals surface area contributed by atoms with Crippen molar-refractivity contribution in [2.45, 2.75) is 39.4 Å².